The molecule has 0 saturated heterocycles. The Kier molecular flexibility index (Phi) is 5.51. The van der Waals surface area contributed by atoms with Crippen LogP contribution in [-0.2, 0) is 4.74 Å². The van der Waals surface area contributed by atoms with Crippen LogP contribution < -0.4 is 10.1 Å². The number of halogens is 1. The molecule has 1 aromatic carbocycles. The highest BCUT2D eigenvalue weighted by Crippen LogP contribution is 2.29. The van der Waals surface area contributed by atoms with Crippen LogP contribution in [0, 0.1) is 10.1 Å². The van der Waals surface area contributed by atoms with Crippen LogP contribution in [0.2, 0.25) is 5.02 Å². The van der Waals surface area contributed by atoms with Gasteiger partial charge in [0.15, 0.2) is 0 Å². The average molecular weight is 324 g/mol. The number of nitrogens with zero attached hydrogens (tertiary/aromatic N) is 2. The smallest absolute Gasteiger partial charge is 0.287 e. The molecule has 22 heavy (non-hydrogen) atoms. The molecular weight excluding hydrogens is 310 g/mol. The lowest BCUT2D eigenvalue weighted by molar-refractivity contribution is -0.385. The van der Waals surface area contributed by atoms with E-state index in [1.165, 1.54) is 18.3 Å². The van der Waals surface area contributed by atoms with Crippen molar-refractivity contribution in [3.63, 3.8) is 0 Å². The number of hydrogen-bond acceptors (Lipinski definition) is 6. The average Bonchev–Trinajstić information content (AvgIpc) is 2.50. The van der Waals surface area contributed by atoms with Crippen LogP contribution in [0.1, 0.15) is 0 Å². The Hall–Kier alpha value is -2.38. The van der Waals surface area contributed by atoms with Crippen LogP contribution in [0.5, 0.6) is 5.75 Å². The van der Waals surface area contributed by atoms with Gasteiger partial charge in [-0.1, -0.05) is 11.6 Å². The summed E-state index contributed by atoms with van der Waals surface area (Å²) in [5, 5.41) is 14.0. The van der Waals surface area contributed by atoms with Gasteiger partial charge < -0.3 is 14.8 Å². The Balaban J connectivity index is 2.03. The molecule has 0 atom stereocenters. The first-order chi connectivity index (χ1) is 10.6. The van der Waals surface area contributed by atoms with Crippen molar-refractivity contribution in [2.75, 3.05) is 25.6 Å². The van der Waals surface area contributed by atoms with E-state index < -0.39 is 4.92 Å². The monoisotopic (exact) mass is 323 g/mol. The van der Waals surface area contributed by atoms with E-state index in [1.807, 2.05) is 0 Å². The van der Waals surface area contributed by atoms with Crippen molar-refractivity contribution in [3.8, 4) is 5.75 Å². The molecule has 2 aromatic rings. The maximum atomic E-state index is 10.6. The van der Waals surface area contributed by atoms with Gasteiger partial charge in [-0.2, -0.15) is 0 Å². The summed E-state index contributed by atoms with van der Waals surface area (Å²) >= 11 is 6.13. The minimum absolute atomic E-state index is 0.0644. The van der Waals surface area contributed by atoms with Gasteiger partial charge in [0.05, 0.1) is 16.6 Å². The van der Waals surface area contributed by atoms with Crippen molar-refractivity contribution in [2.24, 2.45) is 0 Å². The van der Waals surface area contributed by atoms with Gasteiger partial charge >= 0.3 is 0 Å². The van der Waals surface area contributed by atoms with Crippen molar-refractivity contribution in [2.45, 2.75) is 0 Å². The Morgan fingerprint density at radius 3 is 2.73 bits per heavy atom. The summed E-state index contributed by atoms with van der Waals surface area (Å²) in [6, 6.07) is 8.09. The molecule has 0 saturated carbocycles. The predicted octanol–water partition coefficient (Wildman–Crippen LogP) is 3.41. The summed E-state index contributed by atoms with van der Waals surface area (Å²) in [4.78, 5) is 14.0. The van der Waals surface area contributed by atoms with Crippen molar-refractivity contribution < 1.29 is 14.4 Å². The van der Waals surface area contributed by atoms with E-state index in [0.29, 0.717) is 35.5 Å². The Labute approximate surface area is 132 Å². The molecule has 0 spiro atoms. The van der Waals surface area contributed by atoms with Gasteiger partial charge in [0.2, 0.25) is 0 Å². The number of methoxy groups -OCH3 is 1. The molecule has 0 radical (unpaired) electrons. The molecule has 1 N–H and O–H groups in total. The van der Waals surface area contributed by atoms with Gasteiger partial charge in [-0.05, 0) is 24.3 Å². The minimum Gasteiger partial charge on any atom is -0.490 e. The van der Waals surface area contributed by atoms with Crippen LogP contribution in [0.3, 0.4) is 0 Å². The second-order valence-electron chi connectivity index (χ2n) is 4.27. The largest absolute Gasteiger partial charge is 0.490 e. The first-order valence-corrected chi connectivity index (χ1v) is 6.76. The van der Waals surface area contributed by atoms with Crippen LogP contribution in [0.4, 0.5) is 17.2 Å². The molecule has 0 amide bonds. The number of nitro groups is 1. The quantitative estimate of drug-likeness (QED) is 0.477. The standard InChI is InChI=1S/C14H14ClN3O4/c1-21-6-7-22-13-4-2-10(8-12(13)15)17-14-5-3-11(9-16-14)18(19)20/h2-5,8-9H,6-7H2,1H3,(H,16,17). The third-order valence-corrected chi connectivity index (χ3v) is 3.00. The van der Waals surface area contributed by atoms with Gasteiger partial charge in [-0.25, -0.2) is 4.98 Å². The normalized spacial score (nSPS) is 10.3. The maximum absolute atomic E-state index is 10.6. The van der Waals surface area contributed by atoms with Gasteiger partial charge in [0.25, 0.3) is 5.69 Å². The SMILES string of the molecule is COCCOc1ccc(Nc2ccc([N+](=O)[O-])cn2)cc1Cl. The molecular formula is C14H14ClN3O4. The number of aromatic nitrogens is 1. The second kappa shape index (κ2) is 7.58. The molecule has 0 aliphatic rings. The fraction of sp³-hybridized carbons (Fsp3) is 0.214. The molecule has 0 fully saturated rings. The van der Waals surface area contributed by atoms with Gasteiger partial charge in [-0.3, -0.25) is 10.1 Å². The Bertz CT molecular complexity index is 649. The van der Waals surface area contributed by atoms with E-state index in [2.05, 4.69) is 10.3 Å². The fourth-order valence-electron chi connectivity index (χ4n) is 1.65. The number of benzene rings is 1. The highest BCUT2D eigenvalue weighted by Gasteiger charge is 2.07. The summed E-state index contributed by atoms with van der Waals surface area (Å²) in [5.41, 5.74) is 0.635. The number of anilines is 2. The third kappa shape index (κ3) is 4.31. The van der Waals surface area contributed by atoms with E-state index in [4.69, 9.17) is 21.1 Å². The van der Waals surface area contributed by atoms with Crippen molar-refractivity contribution in [1.82, 2.24) is 4.98 Å². The zero-order chi connectivity index (χ0) is 15.9. The summed E-state index contributed by atoms with van der Waals surface area (Å²) in [6.07, 6.45) is 1.19. The molecule has 2 rings (SSSR count). The van der Waals surface area contributed by atoms with Crippen LogP contribution in [0.15, 0.2) is 36.5 Å². The fourth-order valence-corrected chi connectivity index (χ4v) is 1.88. The van der Waals surface area contributed by atoms with Crippen molar-refractivity contribution in [1.29, 1.82) is 0 Å². The van der Waals surface area contributed by atoms with Crippen LogP contribution >= 0.6 is 11.6 Å². The van der Waals surface area contributed by atoms with Crippen molar-refractivity contribution >= 4 is 28.8 Å². The van der Waals surface area contributed by atoms with E-state index in [9.17, 15) is 10.1 Å². The maximum Gasteiger partial charge on any atom is 0.287 e. The molecule has 0 unspecified atom stereocenters. The topological polar surface area (TPSA) is 86.5 Å². The lowest BCUT2D eigenvalue weighted by Gasteiger charge is -2.10. The second-order valence-corrected chi connectivity index (χ2v) is 4.68. The number of hydrogen-bond donors (Lipinski definition) is 1. The van der Waals surface area contributed by atoms with Crippen LogP contribution in [-0.4, -0.2) is 30.2 Å². The van der Waals surface area contributed by atoms with Gasteiger partial charge in [-0.15, -0.1) is 0 Å². The number of pyridine rings is 1. The van der Waals surface area contributed by atoms with E-state index in [0.717, 1.165) is 0 Å². The molecule has 1 heterocycles. The molecule has 0 bridgehead atoms. The lowest BCUT2D eigenvalue weighted by atomic mass is 10.3. The predicted molar refractivity (Wildman–Crippen MR) is 83.0 cm³/mol. The van der Waals surface area contributed by atoms with Gasteiger partial charge in [0.1, 0.15) is 24.4 Å². The molecule has 0 aliphatic heterocycles. The van der Waals surface area contributed by atoms with E-state index in [1.54, 1.807) is 25.3 Å². The first-order valence-electron chi connectivity index (χ1n) is 6.39. The van der Waals surface area contributed by atoms with Gasteiger partial charge in [0, 0.05) is 18.9 Å². The number of ether oxygens (including phenoxy) is 2. The van der Waals surface area contributed by atoms with E-state index in [-0.39, 0.29) is 5.69 Å². The molecule has 0 aliphatic carbocycles. The van der Waals surface area contributed by atoms with E-state index >= 15 is 0 Å². The summed E-state index contributed by atoms with van der Waals surface area (Å²) < 4.78 is 10.3. The number of rotatable bonds is 7. The minimum atomic E-state index is -0.500. The highest BCUT2D eigenvalue weighted by atomic mass is 35.5. The molecule has 1 aromatic heterocycles. The number of nitrogens with one attached hydrogen (secondary N) is 1. The van der Waals surface area contributed by atoms with Crippen molar-refractivity contribution in [3.05, 3.63) is 51.7 Å². The summed E-state index contributed by atoms with van der Waals surface area (Å²) in [7, 11) is 1.59. The Morgan fingerprint density at radius 1 is 1.32 bits per heavy atom. The first kappa shape index (κ1) is 16.0. The third-order valence-electron chi connectivity index (χ3n) is 2.71. The zero-order valence-electron chi connectivity index (χ0n) is 11.8. The molecule has 7 nitrogen and oxygen atoms in total. The molecule has 116 valence electrons. The van der Waals surface area contributed by atoms with Crippen LogP contribution in [0.25, 0.3) is 0 Å². The Morgan fingerprint density at radius 2 is 2.14 bits per heavy atom. The molecule has 8 heteroatoms. The zero-order valence-corrected chi connectivity index (χ0v) is 12.5. The lowest BCUT2D eigenvalue weighted by Crippen LogP contribution is -2.04. The summed E-state index contributed by atoms with van der Waals surface area (Å²) in [6.45, 7) is 0.885. The highest BCUT2D eigenvalue weighted by molar-refractivity contribution is 6.32. The summed E-state index contributed by atoms with van der Waals surface area (Å²) in [5.74, 6) is 1.04.